The molecule has 0 aliphatic heterocycles. The summed E-state index contributed by atoms with van der Waals surface area (Å²) in [7, 11) is 1.65. The number of rotatable bonds is 4. The first-order valence-corrected chi connectivity index (χ1v) is 5.56. The van der Waals surface area contributed by atoms with Crippen molar-refractivity contribution in [2.75, 3.05) is 13.7 Å². The number of benzene rings is 1. The normalized spacial score (nSPS) is 10.0. The molecule has 0 aliphatic rings. The van der Waals surface area contributed by atoms with Crippen molar-refractivity contribution in [2.24, 2.45) is 0 Å². The molecule has 88 valence electrons. The number of pyridine rings is 1. The molecule has 0 N–H and O–H groups in total. The van der Waals surface area contributed by atoms with Crippen molar-refractivity contribution in [3.63, 3.8) is 0 Å². The smallest absolute Gasteiger partial charge is 0.144 e. The largest absolute Gasteiger partial charge is 0.494 e. The molecule has 0 aliphatic carbocycles. The van der Waals surface area contributed by atoms with E-state index in [0.717, 1.165) is 22.6 Å². The maximum Gasteiger partial charge on any atom is 0.144 e. The average molecular weight is 229 g/mol. The molecule has 1 heterocycles. The maximum atomic E-state index is 5.49. The van der Waals surface area contributed by atoms with Gasteiger partial charge in [0.05, 0.1) is 19.9 Å². The predicted molar refractivity (Wildman–Crippen MR) is 67.4 cm³/mol. The van der Waals surface area contributed by atoms with Gasteiger partial charge >= 0.3 is 0 Å². The Morgan fingerprint density at radius 1 is 1.24 bits per heavy atom. The summed E-state index contributed by atoms with van der Waals surface area (Å²) in [4.78, 5) is 4.04. The van der Waals surface area contributed by atoms with Crippen LogP contribution in [0, 0.1) is 0 Å². The van der Waals surface area contributed by atoms with Gasteiger partial charge in [-0.05, 0) is 30.7 Å². The minimum absolute atomic E-state index is 0.664. The lowest BCUT2D eigenvalue weighted by Crippen LogP contribution is -1.92. The van der Waals surface area contributed by atoms with Crippen LogP contribution in [-0.4, -0.2) is 18.7 Å². The van der Waals surface area contributed by atoms with E-state index in [1.165, 1.54) is 0 Å². The van der Waals surface area contributed by atoms with Crippen LogP contribution in [0.3, 0.4) is 0 Å². The maximum absolute atomic E-state index is 5.49. The number of methoxy groups -OCH3 is 1. The van der Waals surface area contributed by atoms with E-state index >= 15 is 0 Å². The Bertz CT molecular complexity index is 497. The molecule has 3 nitrogen and oxygen atoms in total. The van der Waals surface area contributed by atoms with E-state index in [-0.39, 0.29) is 0 Å². The van der Waals surface area contributed by atoms with Crippen molar-refractivity contribution in [1.29, 1.82) is 0 Å². The highest BCUT2D eigenvalue weighted by Gasteiger charge is 2.05. The molecule has 0 fully saturated rings. The van der Waals surface area contributed by atoms with Gasteiger partial charge in [-0.1, -0.05) is 12.1 Å². The number of nitrogens with zero attached hydrogens (tertiary/aromatic N) is 1. The molecule has 0 atom stereocenters. The van der Waals surface area contributed by atoms with Crippen LogP contribution in [0.5, 0.6) is 11.5 Å². The topological polar surface area (TPSA) is 31.4 Å². The first-order chi connectivity index (χ1) is 8.35. The van der Waals surface area contributed by atoms with E-state index in [9.17, 15) is 0 Å². The third-order valence-electron chi connectivity index (χ3n) is 2.46. The summed E-state index contributed by atoms with van der Waals surface area (Å²) >= 11 is 0. The Morgan fingerprint density at radius 2 is 2.12 bits per heavy atom. The van der Waals surface area contributed by atoms with Crippen LogP contribution >= 0.6 is 0 Å². The van der Waals surface area contributed by atoms with Crippen LogP contribution in [0.25, 0.3) is 11.1 Å². The molecule has 0 saturated carbocycles. The van der Waals surface area contributed by atoms with Gasteiger partial charge in [-0.15, -0.1) is 0 Å². The predicted octanol–water partition coefficient (Wildman–Crippen LogP) is 3.16. The van der Waals surface area contributed by atoms with E-state index < -0.39 is 0 Å². The Morgan fingerprint density at radius 3 is 2.88 bits per heavy atom. The first kappa shape index (κ1) is 11.5. The zero-order chi connectivity index (χ0) is 12.1. The van der Waals surface area contributed by atoms with Crippen LogP contribution in [0.1, 0.15) is 6.92 Å². The van der Waals surface area contributed by atoms with Gasteiger partial charge in [-0.3, -0.25) is 4.98 Å². The average Bonchev–Trinajstić information content (AvgIpc) is 2.39. The molecule has 2 rings (SSSR count). The second-order valence-corrected chi connectivity index (χ2v) is 3.54. The zero-order valence-corrected chi connectivity index (χ0v) is 10.0. The van der Waals surface area contributed by atoms with E-state index in [2.05, 4.69) is 4.98 Å². The molecule has 0 bridgehead atoms. The molecule has 0 amide bonds. The van der Waals surface area contributed by atoms with E-state index in [1.54, 1.807) is 19.5 Å². The van der Waals surface area contributed by atoms with Crippen LogP contribution in [0.15, 0.2) is 42.7 Å². The second kappa shape index (κ2) is 5.34. The zero-order valence-electron chi connectivity index (χ0n) is 10.0. The van der Waals surface area contributed by atoms with Gasteiger partial charge in [0.15, 0.2) is 0 Å². The molecule has 2 aromatic rings. The van der Waals surface area contributed by atoms with Gasteiger partial charge in [-0.2, -0.15) is 0 Å². The third-order valence-corrected chi connectivity index (χ3v) is 2.46. The van der Waals surface area contributed by atoms with Gasteiger partial charge < -0.3 is 9.47 Å². The van der Waals surface area contributed by atoms with Gasteiger partial charge in [0, 0.05) is 11.8 Å². The molecule has 17 heavy (non-hydrogen) atoms. The number of aromatic nitrogens is 1. The third kappa shape index (κ3) is 2.56. The highest BCUT2D eigenvalue weighted by molar-refractivity contribution is 5.70. The van der Waals surface area contributed by atoms with Gasteiger partial charge in [0.1, 0.15) is 11.5 Å². The van der Waals surface area contributed by atoms with Crippen LogP contribution < -0.4 is 9.47 Å². The summed E-state index contributed by atoms with van der Waals surface area (Å²) in [6, 6.07) is 9.88. The van der Waals surface area contributed by atoms with Gasteiger partial charge in [0.25, 0.3) is 0 Å². The molecule has 0 radical (unpaired) electrons. The molecular formula is C14H15NO2. The molecule has 1 aromatic heterocycles. The Labute approximate surface area is 101 Å². The van der Waals surface area contributed by atoms with Crippen LogP contribution in [0.4, 0.5) is 0 Å². The lowest BCUT2D eigenvalue weighted by atomic mass is 10.1. The number of ether oxygens (including phenoxy) is 2. The highest BCUT2D eigenvalue weighted by atomic mass is 16.5. The molecule has 0 saturated heterocycles. The van der Waals surface area contributed by atoms with E-state index in [4.69, 9.17) is 9.47 Å². The first-order valence-electron chi connectivity index (χ1n) is 5.56. The summed E-state index contributed by atoms with van der Waals surface area (Å²) in [6.07, 6.45) is 3.47. The van der Waals surface area contributed by atoms with Crippen molar-refractivity contribution < 1.29 is 9.47 Å². The van der Waals surface area contributed by atoms with Crippen molar-refractivity contribution in [3.05, 3.63) is 42.7 Å². The fraction of sp³-hybridized carbons (Fsp3) is 0.214. The fourth-order valence-electron chi connectivity index (χ4n) is 1.70. The Hall–Kier alpha value is -2.03. The SMILES string of the molecule is CCOc1cccc(-c2ccncc2OC)c1. The summed E-state index contributed by atoms with van der Waals surface area (Å²) < 4.78 is 10.8. The molecule has 0 unspecified atom stereocenters. The second-order valence-electron chi connectivity index (χ2n) is 3.54. The minimum atomic E-state index is 0.664. The minimum Gasteiger partial charge on any atom is -0.494 e. The molecule has 1 aromatic carbocycles. The molecule has 0 spiro atoms. The van der Waals surface area contributed by atoms with Crippen molar-refractivity contribution >= 4 is 0 Å². The van der Waals surface area contributed by atoms with Crippen molar-refractivity contribution in [1.82, 2.24) is 4.98 Å². The Kier molecular flexibility index (Phi) is 3.60. The molecule has 3 heteroatoms. The van der Waals surface area contributed by atoms with E-state index in [1.807, 2.05) is 37.3 Å². The van der Waals surface area contributed by atoms with Gasteiger partial charge in [0.2, 0.25) is 0 Å². The summed E-state index contributed by atoms with van der Waals surface area (Å²) in [6.45, 7) is 2.64. The lowest BCUT2D eigenvalue weighted by molar-refractivity contribution is 0.340. The summed E-state index contributed by atoms with van der Waals surface area (Å²) in [5, 5.41) is 0. The van der Waals surface area contributed by atoms with Crippen LogP contribution in [-0.2, 0) is 0 Å². The number of hydrogen-bond acceptors (Lipinski definition) is 3. The summed E-state index contributed by atoms with van der Waals surface area (Å²) in [5.74, 6) is 1.63. The lowest BCUT2D eigenvalue weighted by Gasteiger charge is -2.09. The van der Waals surface area contributed by atoms with Crippen molar-refractivity contribution in [2.45, 2.75) is 6.92 Å². The Balaban J connectivity index is 2.41. The quantitative estimate of drug-likeness (QED) is 0.807. The fourth-order valence-corrected chi connectivity index (χ4v) is 1.70. The monoisotopic (exact) mass is 229 g/mol. The van der Waals surface area contributed by atoms with Crippen LogP contribution in [0.2, 0.25) is 0 Å². The molecular weight excluding hydrogens is 214 g/mol. The van der Waals surface area contributed by atoms with Gasteiger partial charge in [-0.25, -0.2) is 0 Å². The highest BCUT2D eigenvalue weighted by Crippen LogP contribution is 2.30. The standard InChI is InChI=1S/C14H15NO2/c1-3-17-12-6-4-5-11(9-12)13-7-8-15-10-14(13)16-2/h4-10H,3H2,1-2H3. The van der Waals surface area contributed by atoms with E-state index in [0.29, 0.717) is 6.61 Å². The number of hydrogen-bond donors (Lipinski definition) is 0. The summed E-state index contributed by atoms with van der Waals surface area (Å²) in [5.41, 5.74) is 2.08. The van der Waals surface area contributed by atoms with Crippen molar-refractivity contribution in [3.8, 4) is 22.6 Å².